The van der Waals surface area contributed by atoms with Gasteiger partial charge in [0.15, 0.2) is 0 Å². The zero-order valence-corrected chi connectivity index (χ0v) is 10.1. The van der Waals surface area contributed by atoms with Crippen molar-refractivity contribution in [2.45, 2.75) is 13.3 Å². The minimum atomic E-state index is 0.571. The van der Waals surface area contributed by atoms with E-state index in [2.05, 4.69) is 11.8 Å². The normalized spacial score (nSPS) is 9.19. The largest absolute Gasteiger partial charge is 0.490 e. The van der Waals surface area contributed by atoms with Gasteiger partial charge in [-0.05, 0) is 19.1 Å². The third-order valence-electron chi connectivity index (χ3n) is 2.17. The van der Waals surface area contributed by atoms with Crippen LogP contribution in [0.4, 0.5) is 11.4 Å². The molecule has 0 aromatic heterocycles. The highest BCUT2D eigenvalue weighted by Crippen LogP contribution is 2.26. The molecular formula is C13H18N2O. The number of hydrogen-bond donors (Lipinski definition) is 1. The van der Waals surface area contributed by atoms with E-state index in [1.54, 1.807) is 0 Å². The van der Waals surface area contributed by atoms with Gasteiger partial charge in [0.05, 0.1) is 12.3 Å². The highest BCUT2D eigenvalue weighted by Gasteiger charge is 2.03. The summed E-state index contributed by atoms with van der Waals surface area (Å²) in [5.74, 6) is 6.50. The molecule has 0 aliphatic rings. The number of rotatable bonds is 4. The first-order valence-electron chi connectivity index (χ1n) is 5.24. The fourth-order valence-corrected chi connectivity index (χ4v) is 1.26. The van der Waals surface area contributed by atoms with Crippen molar-refractivity contribution in [3.05, 3.63) is 18.2 Å². The number of benzene rings is 1. The minimum Gasteiger partial charge on any atom is -0.490 e. The van der Waals surface area contributed by atoms with Crippen LogP contribution in [0.25, 0.3) is 0 Å². The Bertz CT molecular complexity index is 402. The molecule has 0 bridgehead atoms. The van der Waals surface area contributed by atoms with Crippen LogP contribution in [-0.2, 0) is 0 Å². The van der Waals surface area contributed by atoms with E-state index in [9.17, 15) is 0 Å². The van der Waals surface area contributed by atoms with Gasteiger partial charge in [0.1, 0.15) is 5.75 Å². The van der Waals surface area contributed by atoms with Gasteiger partial charge in [0, 0.05) is 32.3 Å². The van der Waals surface area contributed by atoms with Crippen LogP contribution in [0, 0.1) is 11.8 Å². The lowest BCUT2D eigenvalue weighted by molar-refractivity contribution is 0.329. The van der Waals surface area contributed by atoms with Crippen LogP contribution >= 0.6 is 0 Å². The van der Waals surface area contributed by atoms with E-state index in [1.807, 2.05) is 44.1 Å². The zero-order valence-electron chi connectivity index (χ0n) is 10.1. The summed E-state index contributed by atoms with van der Waals surface area (Å²) in [4.78, 5) is 2.01. The Kier molecular flexibility index (Phi) is 4.53. The molecule has 0 radical (unpaired) electrons. The molecule has 0 saturated carbocycles. The SMILES string of the molecule is CC#CCCOc1cc(N(C)C)ccc1N. The quantitative estimate of drug-likeness (QED) is 0.478. The van der Waals surface area contributed by atoms with Gasteiger partial charge in [-0.25, -0.2) is 0 Å². The molecule has 86 valence electrons. The van der Waals surface area contributed by atoms with E-state index in [0.29, 0.717) is 12.3 Å². The lowest BCUT2D eigenvalue weighted by Crippen LogP contribution is -2.09. The van der Waals surface area contributed by atoms with Crippen LogP contribution in [-0.4, -0.2) is 20.7 Å². The Morgan fingerprint density at radius 2 is 2.12 bits per heavy atom. The minimum absolute atomic E-state index is 0.571. The summed E-state index contributed by atoms with van der Waals surface area (Å²) >= 11 is 0. The number of nitrogens with zero attached hydrogens (tertiary/aromatic N) is 1. The maximum Gasteiger partial charge on any atom is 0.144 e. The van der Waals surface area contributed by atoms with Crippen LogP contribution in [0.1, 0.15) is 13.3 Å². The van der Waals surface area contributed by atoms with E-state index in [0.717, 1.165) is 17.9 Å². The first-order valence-corrected chi connectivity index (χ1v) is 5.24. The highest BCUT2D eigenvalue weighted by molar-refractivity contribution is 5.61. The number of nitrogen functional groups attached to an aromatic ring is 1. The van der Waals surface area contributed by atoms with Gasteiger partial charge < -0.3 is 15.4 Å². The first kappa shape index (κ1) is 12.3. The molecule has 1 aromatic carbocycles. The molecule has 0 heterocycles. The van der Waals surface area contributed by atoms with Crippen LogP contribution < -0.4 is 15.4 Å². The van der Waals surface area contributed by atoms with E-state index >= 15 is 0 Å². The Balaban J connectivity index is 2.69. The van der Waals surface area contributed by atoms with E-state index in [1.165, 1.54) is 0 Å². The molecule has 0 atom stereocenters. The molecule has 0 amide bonds. The second-order valence-electron chi connectivity index (χ2n) is 3.64. The second-order valence-corrected chi connectivity index (χ2v) is 3.64. The Labute approximate surface area is 97.2 Å². The van der Waals surface area contributed by atoms with Crippen LogP contribution in [0.15, 0.2) is 18.2 Å². The fraction of sp³-hybridized carbons (Fsp3) is 0.385. The smallest absolute Gasteiger partial charge is 0.144 e. The van der Waals surface area contributed by atoms with Crippen molar-refractivity contribution in [2.75, 3.05) is 31.3 Å². The van der Waals surface area contributed by atoms with Gasteiger partial charge in [-0.2, -0.15) is 0 Å². The summed E-state index contributed by atoms with van der Waals surface area (Å²) < 4.78 is 5.58. The third-order valence-corrected chi connectivity index (χ3v) is 2.17. The summed E-state index contributed by atoms with van der Waals surface area (Å²) in [5, 5.41) is 0. The van der Waals surface area contributed by atoms with Crippen LogP contribution in [0.3, 0.4) is 0 Å². The van der Waals surface area contributed by atoms with Gasteiger partial charge in [-0.3, -0.25) is 0 Å². The van der Waals surface area contributed by atoms with Crippen molar-refractivity contribution in [1.82, 2.24) is 0 Å². The molecule has 1 rings (SSSR count). The van der Waals surface area contributed by atoms with Crippen molar-refractivity contribution in [2.24, 2.45) is 0 Å². The van der Waals surface area contributed by atoms with Gasteiger partial charge >= 0.3 is 0 Å². The Hall–Kier alpha value is -1.82. The van der Waals surface area contributed by atoms with Gasteiger partial charge in [0.25, 0.3) is 0 Å². The lowest BCUT2D eigenvalue weighted by Gasteiger charge is -2.15. The summed E-state index contributed by atoms with van der Waals surface area (Å²) in [6.07, 6.45) is 0.724. The predicted octanol–water partition coefficient (Wildman–Crippen LogP) is 2.13. The molecule has 2 N–H and O–H groups in total. The van der Waals surface area contributed by atoms with Crippen molar-refractivity contribution in [3.8, 4) is 17.6 Å². The Morgan fingerprint density at radius 3 is 2.75 bits per heavy atom. The lowest BCUT2D eigenvalue weighted by atomic mass is 10.2. The van der Waals surface area contributed by atoms with Crippen LogP contribution in [0.5, 0.6) is 5.75 Å². The number of anilines is 2. The molecule has 0 fully saturated rings. The first-order chi connectivity index (χ1) is 7.65. The van der Waals surface area contributed by atoms with Crippen molar-refractivity contribution >= 4 is 11.4 Å². The van der Waals surface area contributed by atoms with E-state index in [-0.39, 0.29) is 0 Å². The predicted molar refractivity (Wildman–Crippen MR) is 68.7 cm³/mol. The molecule has 0 saturated heterocycles. The summed E-state index contributed by atoms with van der Waals surface area (Å²) in [6.45, 7) is 2.39. The number of ether oxygens (including phenoxy) is 1. The highest BCUT2D eigenvalue weighted by atomic mass is 16.5. The average Bonchev–Trinajstić information content (AvgIpc) is 2.26. The standard InChI is InChI=1S/C13H18N2O/c1-4-5-6-9-16-13-10-11(15(2)3)7-8-12(13)14/h7-8,10H,6,9,14H2,1-3H3. The van der Waals surface area contributed by atoms with Gasteiger partial charge in [0.2, 0.25) is 0 Å². The molecule has 0 aliphatic heterocycles. The third kappa shape index (κ3) is 3.39. The number of hydrogen-bond acceptors (Lipinski definition) is 3. The maximum absolute atomic E-state index is 5.82. The molecule has 1 aromatic rings. The summed E-state index contributed by atoms with van der Waals surface area (Å²) in [5.41, 5.74) is 7.56. The molecule has 16 heavy (non-hydrogen) atoms. The molecular weight excluding hydrogens is 200 g/mol. The van der Waals surface area contributed by atoms with Gasteiger partial charge in [-0.15, -0.1) is 11.8 Å². The zero-order chi connectivity index (χ0) is 12.0. The topological polar surface area (TPSA) is 38.5 Å². The molecule has 0 unspecified atom stereocenters. The Morgan fingerprint density at radius 1 is 1.38 bits per heavy atom. The van der Waals surface area contributed by atoms with Crippen molar-refractivity contribution in [3.63, 3.8) is 0 Å². The van der Waals surface area contributed by atoms with Crippen LogP contribution in [0.2, 0.25) is 0 Å². The van der Waals surface area contributed by atoms with E-state index < -0.39 is 0 Å². The summed E-state index contributed by atoms with van der Waals surface area (Å²) in [7, 11) is 3.97. The molecule has 3 nitrogen and oxygen atoms in total. The molecule has 3 heteroatoms. The van der Waals surface area contributed by atoms with E-state index in [4.69, 9.17) is 10.5 Å². The average molecular weight is 218 g/mol. The number of nitrogens with two attached hydrogens (primary N) is 1. The molecule has 0 spiro atoms. The monoisotopic (exact) mass is 218 g/mol. The van der Waals surface area contributed by atoms with Gasteiger partial charge in [-0.1, -0.05) is 0 Å². The van der Waals surface area contributed by atoms with Crippen molar-refractivity contribution < 1.29 is 4.74 Å². The fourth-order valence-electron chi connectivity index (χ4n) is 1.26. The maximum atomic E-state index is 5.82. The summed E-state index contributed by atoms with van der Waals surface area (Å²) in [6, 6.07) is 5.76. The van der Waals surface area contributed by atoms with Crippen molar-refractivity contribution in [1.29, 1.82) is 0 Å². The second kappa shape index (κ2) is 5.92. The molecule has 0 aliphatic carbocycles.